The number of nitrogens with two attached hydrogens (primary N) is 1. The molecule has 2 atom stereocenters. The molecular formula is C15H15N9O5S3. The van der Waals surface area contributed by atoms with Gasteiger partial charge in [0.15, 0.2) is 10.8 Å². The molecule has 2 aliphatic heterocycles. The quantitative estimate of drug-likeness (QED) is 0.119. The van der Waals surface area contributed by atoms with Gasteiger partial charge in [-0.1, -0.05) is 16.9 Å². The summed E-state index contributed by atoms with van der Waals surface area (Å²) in [4.78, 5) is 42.3. The molecule has 32 heavy (non-hydrogen) atoms. The summed E-state index contributed by atoms with van der Waals surface area (Å²) in [7, 11) is 1.66. The second kappa shape index (κ2) is 8.75. The molecule has 2 aromatic heterocycles. The molecule has 0 aliphatic carbocycles. The van der Waals surface area contributed by atoms with Gasteiger partial charge in [0.2, 0.25) is 5.16 Å². The number of aromatic nitrogens is 5. The van der Waals surface area contributed by atoms with Gasteiger partial charge in [-0.05, 0) is 16.0 Å². The number of hydrogen-bond acceptors (Lipinski definition) is 13. The van der Waals surface area contributed by atoms with Gasteiger partial charge in [0, 0.05) is 23.9 Å². The van der Waals surface area contributed by atoms with Crippen LogP contribution in [0.15, 0.2) is 27.0 Å². The van der Waals surface area contributed by atoms with E-state index in [9.17, 15) is 24.7 Å². The number of fused-ring (bicyclic) bond motifs is 1. The molecule has 5 N–H and O–H groups in total. The number of carbonyl (C=O) groups excluding carboxylic acids is 2. The minimum absolute atomic E-state index is 0.0659. The Kier molecular flexibility index (Phi) is 6.02. The van der Waals surface area contributed by atoms with Gasteiger partial charge in [-0.25, -0.2) is 14.5 Å². The first-order valence-electron chi connectivity index (χ1n) is 8.81. The Morgan fingerprint density at radius 2 is 2.25 bits per heavy atom. The van der Waals surface area contributed by atoms with Gasteiger partial charge in [-0.15, -0.1) is 28.2 Å². The van der Waals surface area contributed by atoms with Crippen LogP contribution in [-0.4, -0.2) is 86.8 Å². The fourth-order valence-corrected chi connectivity index (χ4v) is 5.99. The topological polar surface area (TPSA) is 202 Å². The van der Waals surface area contributed by atoms with E-state index in [1.165, 1.54) is 33.6 Å². The third kappa shape index (κ3) is 3.89. The molecule has 0 bridgehead atoms. The Morgan fingerprint density at radius 1 is 1.47 bits per heavy atom. The number of carboxylic acid groups (broad SMARTS) is 1. The third-order valence-electron chi connectivity index (χ3n) is 4.57. The summed E-state index contributed by atoms with van der Waals surface area (Å²) >= 11 is 3.63. The molecule has 1 unspecified atom stereocenters. The Morgan fingerprint density at radius 3 is 2.84 bits per heavy atom. The molecule has 2 amide bonds. The van der Waals surface area contributed by atoms with Crippen molar-refractivity contribution in [2.75, 3.05) is 17.2 Å². The van der Waals surface area contributed by atoms with Crippen LogP contribution in [0.2, 0.25) is 0 Å². The number of β-lactam (4-membered cyclic amide) rings is 1. The number of rotatable bonds is 7. The molecule has 0 spiro atoms. The summed E-state index contributed by atoms with van der Waals surface area (Å²) in [6.07, 6.45) is 0. The van der Waals surface area contributed by atoms with Crippen molar-refractivity contribution in [1.29, 1.82) is 0 Å². The van der Waals surface area contributed by atoms with E-state index in [0.29, 0.717) is 16.5 Å². The van der Waals surface area contributed by atoms with E-state index in [0.717, 1.165) is 16.2 Å². The molecule has 2 aromatic rings. The van der Waals surface area contributed by atoms with Crippen molar-refractivity contribution in [2.24, 2.45) is 12.2 Å². The van der Waals surface area contributed by atoms with Gasteiger partial charge in [0.25, 0.3) is 11.8 Å². The van der Waals surface area contributed by atoms with E-state index in [4.69, 9.17) is 5.73 Å². The first-order valence-corrected chi connectivity index (χ1v) is 11.7. The van der Waals surface area contributed by atoms with E-state index in [1.807, 2.05) is 0 Å². The van der Waals surface area contributed by atoms with Crippen LogP contribution < -0.4 is 11.1 Å². The summed E-state index contributed by atoms with van der Waals surface area (Å²) in [5, 5.41) is 37.0. The number of aliphatic carboxylic acids is 1. The Hall–Kier alpha value is -3.18. The lowest BCUT2D eigenvalue weighted by Crippen LogP contribution is -2.71. The van der Waals surface area contributed by atoms with Crippen molar-refractivity contribution in [2.45, 2.75) is 16.6 Å². The maximum absolute atomic E-state index is 12.8. The first kappa shape index (κ1) is 22.0. The molecule has 14 nitrogen and oxygen atoms in total. The number of carbonyl (C=O) groups is 3. The summed E-state index contributed by atoms with van der Waals surface area (Å²) in [5.74, 6) is -2.03. The molecule has 17 heteroatoms. The number of hydrogen-bond donors (Lipinski definition) is 4. The number of oxime groups is 1. The predicted molar refractivity (Wildman–Crippen MR) is 114 cm³/mol. The highest BCUT2D eigenvalue weighted by atomic mass is 32.2. The van der Waals surface area contributed by atoms with Gasteiger partial charge < -0.3 is 21.4 Å². The SMILES string of the molecule is Cn1nnnc1SCC1=C(C(=O)O)N2C(=O)C(NC(=O)C(=NO)c3csc(N)n3)[C@@H]2SC1. The number of tetrazole rings is 1. The van der Waals surface area contributed by atoms with E-state index < -0.39 is 34.9 Å². The number of thioether (sulfide) groups is 2. The van der Waals surface area contributed by atoms with E-state index in [2.05, 4.69) is 31.0 Å². The molecule has 0 saturated carbocycles. The number of nitrogens with zero attached hydrogens (tertiary/aromatic N) is 7. The minimum Gasteiger partial charge on any atom is -0.477 e. The average molecular weight is 498 g/mol. The monoisotopic (exact) mass is 497 g/mol. The molecule has 1 saturated heterocycles. The van der Waals surface area contributed by atoms with E-state index in [1.54, 1.807) is 7.05 Å². The Labute approximate surface area is 191 Å². The number of amides is 2. The summed E-state index contributed by atoms with van der Waals surface area (Å²) in [6, 6.07) is -0.980. The van der Waals surface area contributed by atoms with Crippen LogP contribution in [-0.2, 0) is 21.4 Å². The Bertz CT molecular complexity index is 1160. The molecule has 2 aliphatic rings. The van der Waals surface area contributed by atoms with Crippen molar-refractivity contribution in [3.05, 3.63) is 22.3 Å². The molecule has 168 valence electrons. The number of aryl methyl sites for hydroxylation is 1. The number of carboxylic acids is 1. The Balaban J connectivity index is 1.48. The average Bonchev–Trinajstić information content (AvgIpc) is 3.37. The van der Waals surface area contributed by atoms with Crippen molar-refractivity contribution < 1.29 is 24.7 Å². The van der Waals surface area contributed by atoms with Gasteiger partial charge in [0.05, 0.1) is 0 Å². The largest absolute Gasteiger partial charge is 0.477 e. The lowest BCUT2D eigenvalue weighted by atomic mass is 10.0. The zero-order chi connectivity index (χ0) is 23.0. The maximum atomic E-state index is 12.8. The van der Waals surface area contributed by atoms with Crippen LogP contribution in [0.4, 0.5) is 5.13 Å². The standard InChI is InChI=1S/C15H15N9O5S3/c1-23-15(19-21-22-23)32-3-5-2-30-12-8(11(26)24(12)9(5)13(27)28)18-10(25)7(20-29)6-4-31-14(16)17-6/h4,8,12,29H,2-3H2,1H3,(H2,16,17)(H,18,25)(H,27,28)/t8?,12-/m0/s1. The fraction of sp³-hybridized carbons (Fsp3) is 0.333. The van der Waals surface area contributed by atoms with Crippen molar-refractivity contribution in [3.8, 4) is 0 Å². The number of nitrogens with one attached hydrogen (secondary N) is 1. The lowest BCUT2D eigenvalue weighted by molar-refractivity contribution is -0.150. The fourth-order valence-electron chi connectivity index (χ4n) is 3.11. The van der Waals surface area contributed by atoms with Gasteiger partial charge in [-0.2, -0.15) is 0 Å². The van der Waals surface area contributed by atoms with Crippen LogP contribution in [0, 0.1) is 0 Å². The summed E-state index contributed by atoms with van der Waals surface area (Å²) < 4.78 is 1.46. The summed E-state index contributed by atoms with van der Waals surface area (Å²) in [5.41, 5.74) is 5.64. The normalized spacial score (nSPS) is 20.7. The van der Waals surface area contributed by atoms with Gasteiger partial charge in [-0.3, -0.25) is 14.5 Å². The van der Waals surface area contributed by atoms with Crippen molar-refractivity contribution >= 4 is 63.5 Å². The van der Waals surface area contributed by atoms with Crippen LogP contribution in [0.3, 0.4) is 0 Å². The van der Waals surface area contributed by atoms with Crippen LogP contribution in [0.25, 0.3) is 0 Å². The number of anilines is 1. The highest BCUT2D eigenvalue weighted by Crippen LogP contribution is 2.41. The second-order valence-corrected chi connectivity index (χ2v) is 9.45. The molecule has 4 rings (SSSR count). The molecule has 0 aromatic carbocycles. The number of thiazole rings is 1. The molecule has 4 heterocycles. The van der Waals surface area contributed by atoms with Crippen LogP contribution >= 0.6 is 34.9 Å². The molecular weight excluding hydrogens is 482 g/mol. The lowest BCUT2D eigenvalue weighted by Gasteiger charge is -2.49. The molecule has 0 radical (unpaired) electrons. The number of nitrogen functional groups attached to an aromatic ring is 1. The zero-order valence-corrected chi connectivity index (χ0v) is 18.6. The highest BCUT2D eigenvalue weighted by Gasteiger charge is 2.54. The van der Waals surface area contributed by atoms with E-state index >= 15 is 0 Å². The predicted octanol–water partition coefficient (Wildman–Crippen LogP) is -1.04. The van der Waals surface area contributed by atoms with Crippen molar-refractivity contribution in [1.82, 2.24) is 35.4 Å². The molecule has 1 fully saturated rings. The first-order chi connectivity index (χ1) is 15.3. The van der Waals surface area contributed by atoms with Gasteiger partial charge >= 0.3 is 5.97 Å². The zero-order valence-electron chi connectivity index (χ0n) is 16.2. The van der Waals surface area contributed by atoms with Crippen molar-refractivity contribution in [3.63, 3.8) is 0 Å². The highest BCUT2D eigenvalue weighted by molar-refractivity contribution is 8.01. The minimum atomic E-state index is -1.24. The second-order valence-electron chi connectivity index (χ2n) is 6.51. The van der Waals surface area contributed by atoms with Crippen LogP contribution in [0.1, 0.15) is 5.69 Å². The third-order valence-corrected chi connectivity index (χ3v) is 7.68. The van der Waals surface area contributed by atoms with Gasteiger partial charge in [0.1, 0.15) is 22.8 Å². The maximum Gasteiger partial charge on any atom is 0.352 e. The summed E-state index contributed by atoms with van der Waals surface area (Å²) in [6.45, 7) is 0. The van der Waals surface area contributed by atoms with Crippen LogP contribution in [0.5, 0.6) is 0 Å². The van der Waals surface area contributed by atoms with E-state index in [-0.39, 0.29) is 22.3 Å². The smallest absolute Gasteiger partial charge is 0.352 e.